The van der Waals surface area contributed by atoms with Gasteiger partial charge in [0.1, 0.15) is 0 Å². The van der Waals surface area contributed by atoms with Crippen LogP contribution in [0.5, 0.6) is 0 Å². The summed E-state index contributed by atoms with van der Waals surface area (Å²) < 4.78 is 2.06. The van der Waals surface area contributed by atoms with Crippen molar-refractivity contribution in [3.63, 3.8) is 0 Å². The van der Waals surface area contributed by atoms with E-state index in [2.05, 4.69) is 40.7 Å². The fraction of sp³-hybridized carbons (Fsp3) is 0.250. The SMILES string of the molecule is CCn1c(SCC(=O)c2ccc(C)cc2)nnc1-c1cccc(C)c1. The summed E-state index contributed by atoms with van der Waals surface area (Å²) in [4.78, 5) is 12.4. The Morgan fingerprint density at radius 2 is 1.80 bits per heavy atom. The van der Waals surface area contributed by atoms with Crippen molar-refractivity contribution in [2.24, 2.45) is 0 Å². The van der Waals surface area contributed by atoms with Gasteiger partial charge in [0, 0.05) is 17.7 Å². The third kappa shape index (κ3) is 3.99. The van der Waals surface area contributed by atoms with Crippen molar-refractivity contribution in [2.75, 3.05) is 5.75 Å². The maximum Gasteiger partial charge on any atom is 0.191 e. The first-order chi connectivity index (χ1) is 12.1. The molecule has 0 aliphatic carbocycles. The number of aryl methyl sites for hydroxylation is 2. The van der Waals surface area contributed by atoms with Crippen molar-refractivity contribution in [1.82, 2.24) is 14.8 Å². The standard InChI is InChI=1S/C20H21N3OS/c1-4-23-19(17-7-5-6-15(3)12-17)21-22-20(23)25-13-18(24)16-10-8-14(2)9-11-16/h5-12H,4,13H2,1-3H3. The minimum absolute atomic E-state index is 0.104. The molecule has 0 saturated carbocycles. The molecule has 25 heavy (non-hydrogen) atoms. The number of hydrogen-bond donors (Lipinski definition) is 0. The van der Waals surface area contributed by atoms with Crippen molar-refractivity contribution >= 4 is 17.5 Å². The first kappa shape index (κ1) is 17.4. The van der Waals surface area contributed by atoms with Crippen molar-refractivity contribution in [1.29, 1.82) is 0 Å². The molecule has 0 radical (unpaired) electrons. The highest BCUT2D eigenvalue weighted by atomic mass is 32.2. The summed E-state index contributed by atoms with van der Waals surface area (Å²) in [5.41, 5.74) is 4.12. The lowest BCUT2D eigenvalue weighted by Gasteiger charge is -2.07. The third-order valence-electron chi connectivity index (χ3n) is 4.02. The predicted molar refractivity (Wildman–Crippen MR) is 102 cm³/mol. The normalized spacial score (nSPS) is 10.8. The van der Waals surface area contributed by atoms with E-state index < -0.39 is 0 Å². The van der Waals surface area contributed by atoms with Crippen molar-refractivity contribution in [2.45, 2.75) is 32.5 Å². The minimum atomic E-state index is 0.104. The summed E-state index contributed by atoms with van der Waals surface area (Å²) >= 11 is 1.44. The number of benzene rings is 2. The Hall–Kier alpha value is -2.40. The first-order valence-corrected chi connectivity index (χ1v) is 9.30. The van der Waals surface area contributed by atoms with Crippen LogP contribution in [0.4, 0.5) is 0 Å². The zero-order chi connectivity index (χ0) is 17.8. The highest BCUT2D eigenvalue weighted by Gasteiger charge is 2.15. The molecule has 0 amide bonds. The zero-order valence-corrected chi connectivity index (χ0v) is 15.5. The summed E-state index contributed by atoms with van der Waals surface area (Å²) in [6, 6.07) is 15.9. The molecular weight excluding hydrogens is 330 g/mol. The largest absolute Gasteiger partial charge is 0.302 e. The highest BCUT2D eigenvalue weighted by molar-refractivity contribution is 7.99. The van der Waals surface area contributed by atoms with Gasteiger partial charge in [0.25, 0.3) is 0 Å². The average molecular weight is 351 g/mol. The van der Waals surface area contributed by atoms with Gasteiger partial charge in [-0.15, -0.1) is 10.2 Å². The summed E-state index contributed by atoms with van der Waals surface area (Å²) in [5.74, 6) is 1.30. The molecule has 4 nitrogen and oxygen atoms in total. The summed E-state index contributed by atoms with van der Waals surface area (Å²) in [6.45, 7) is 6.90. The first-order valence-electron chi connectivity index (χ1n) is 8.31. The Balaban J connectivity index is 1.77. The van der Waals surface area contributed by atoms with Crippen LogP contribution in [0.25, 0.3) is 11.4 Å². The van der Waals surface area contributed by atoms with E-state index in [9.17, 15) is 4.79 Å². The molecule has 0 saturated heterocycles. The summed E-state index contributed by atoms with van der Waals surface area (Å²) in [7, 11) is 0. The van der Waals surface area contributed by atoms with Gasteiger partial charge in [-0.1, -0.05) is 65.4 Å². The molecule has 128 valence electrons. The van der Waals surface area contributed by atoms with Gasteiger partial charge in [-0.25, -0.2) is 0 Å². The Morgan fingerprint density at radius 3 is 2.48 bits per heavy atom. The average Bonchev–Trinajstić information content (AvgIpc) is 3.03. The van der Waals surface area contributed by atoms with Crippen molar-refractivity contribution in [3.8, 4) is 11.4 Å². The Kier molecular flexibility index (Phi) is 5.34. The lowest BCUT2D eigenvalue weighted by molar-refractivity contribution is 0.102. The molecule has 0 spiro atoms. The number of Topliss-reactive ketones (excluding diaryl/α,β-unsaturated/α-hetero) is 1. The van der Waals surface area contributed by atoms with E-state index in [0.717, 1.165) is 34.2 Å². The Morgan fingerprint density at radius 1 is 1.04 bits per heavy atom. The van der Waals surface area contributed by atoms with Gasteiger partial charge in [0.05, 0.1) is 5.75 Å². The highest BCUT2D eigenvalue weighted by Crippen LogP contribution is 2.25. The topological polar surface area (TPSA) is 47.8 Å². The molecule has 2 aromatic carbocycles. The second-order valence-electron chi connectivity index (χ2n) is 6.00. The van der Waals surface area contributed by atoms with E-state index in [0.29, 0.717) is 5.75 Å². The van der Waals surface area contributed by atoms with Gasteiger partial charge >= 0.3 is 0 Å². The van der Waals surface area contributed by atoms with E-state index >= 15 is 0 Å². The fourth-order valence-electron chi connectivity index (χ4n) is 2.63. The molecular formula is C20H21N3OS. The predicted octanol–water partition coefficient (Wildman–Crippen LogP) is 4.56. The minimum Gasteiger partial charge on any atom is -0.302 e. The Labute approximate surface area is 152 Å². The molecule has 0 N–H and O–H groups in total. The number of nitrogens with zero attached hydrogens (tertiary/aromatic N) is 3. The smallest absolute Gasteiger partial charge is 0.191 e. The van der Waals surface area contributed by atoms with Crippen LogP contribution < -0.4 is 0 Å². The molecule has 5 heteroatoms. The van der Waals surface area contributed by atoms with Crippen LogP contribution in [-0.2, 0) is 6.54 Å². The molecule has 0 aliphatic rings. The van der Waals surface area contributed by atoms with E-state index in [-0.39, 0.29) is 5.78 Å². The number of hydrogen-bond acceptors (Lipinski definition) is 4. The second kappa shape index (κ2) is 7.66. The number of carbonyl (C=O) groups excluding carboxylic acids is 1. The molecule has 0 fully saturated rings. The quantitative estimate of drug-likeness (QED) is 0.482. The lowest BCUT2D eigenvalue weighted by Crippen LogP contribution is -2.05. The van der Waals surface area contributed by atoms with Crippen LogP contribution in [0.15, 0.2) is 53.7 Å². The number of rotatable bonds is 6. The van der Waals surface area contributed by atoms with Crippen molar-refractivity contribution < 1.29 is 4.79 Å². The molecule has 0 aliphatic heterocycles. The summed E-state index contributed by atoms with van der Waals surface area (Å²) in [5, 5.41) is 9.42. The molecule has 0 unspecified atom stereocenters. The third-order valence-corrected chi connectivity index (χ3v) is 4.98. The van der Waals surface area contributed by atoms with Gasteiger partial charge in [0.2, 0.25) is 0 Å². The van der Waals surface area contributed by atoms with E-state index in [1.165, 1.54) is 17.3 Å². The number of thioether (sulfide) groups is 1. The van der Waals surface area contributed by atoms with Crippen LogP contribution in [-0.4, -0.2) is 26.3 Å². The van der Waals surface area contributed by atoms with Crippen LogP contribution in [0.3, 0.4) is 0 Å². The number of aromatic nitrogens is 3. The van der Waals surface area contributed by atoms with Crippen molar-refractivity contribution in [3.05, 3.63) is 65.2 Å². The van der Waals surface area contributed by atoms with Crippen LogP contribution >= 0.6 is 11.8 Å². The molecule has 3 rings (SSSR count). The van der Waals surface area contributed by atoms with Crippen LogP contribution in [0.2, 0.25) is 0 Å². The molecule has 1 aromatic heterocycles. The molecule has 1 heterocycles. The van der Waals surface area contributed by atoms with Gasteiger partial charge in [0.15, 0.2) is 16.8 Å². The van der Waals surface area contributed by atoms with Gasteiger partial charge < -0.3 is 4.57 Å². The maximum absolute atomic E-state index is 12.4. The molecule has 0 bridgehead atoms. The maximum atomic E-state index is 12.4. The molecule has 3 aromatic rings. The van der Waals surface area contributed by atoms with Gasteiger partial charge in [-0.3, -0.25) is 4.79 Å². The number of ketones is 1. The lowest BCUT2D eigenvalue weighted by atomic mass is 10.1. The van der Waals surface area contributed by atoms with Gasteiger partial charge in [-0.2, -0.15) is 0 Å². The second-order valence-corrected chi connectivity index (χ2v) is 6.94. The van der Waals surface area contributed by atoms with Gasteiger partial charge in [-0.05, 0) is 26.8 Å². The van der Waals surface area contributed by atoms with E-state index in [1.54, 1.807) is 0 Å². The zero-order valence-electron chi connectivity index (χ0n) is 14.7. The number of carbonyl (C=O) groups is 1. The monoisotopic (exact) mass is 351 g/mol. The van der Waals surface area contributed by atoms with E-state index in [4.69, 9.17) is 0 Å². The van der Waals surface area contributed by atoms with Crippen LogP contribution in [0, 0.1) is 13.8 Å². The van der Waals surface area contributed by atoms with E-state index in [1.807, 2.05) is 43.3 Å². The van der Waals surface area contributed by atoms with Crippen LogP contribution in [0.1, 0.15) is 28.4 Å². The Bertz CT molecular complexity index is 884. The summed E-state index contributed by atoms with van der Waals surface area (Å²) in [6.07, 6.45) is 0. The fourth-order valence-corrected chi connectivity index (χ4v) is 3.53. The molecule has 0 atom stereocenters.